The Morgan fingerprint density at radius 1 is 1.38 bits per heavy atom. The molecule has 0 saturated carbocycles. The number of ether oxygens (including phenoxy) is 1. The zero-order valence-electron chi connectivity index (χ0n) is 13.9. The van der Waals surface area contributed by atoms with Crippen LogP contribution in [0.25, 0.3) is 11.4 Å². The number of rotatable bonds is 5. The number of hydrogen-bond donors (Lipinski definition) is 1. The van der Waals surface area contributed by atoms with Crippen molar-refractivity contribution in [2.75, 3.05) is 6.54 Å². The monoisotopic (exact) mass is 327 g/mol. The summed E-state index contributed by atoms with van der Waals surface area (Å²) in [5.74, 6) is -0.0423. The molecule has 1 saturated heterocycles. The van der Waals surface area contributed by atoms with E-state index in [1.165, 1.54) is 0 Å². The van der Waals surface area contributed by atoms with Crippen molar-refractivity contribution >= 4 is 11.9 Å². The molecule has 3 rings (SSSR count). The van der Waals surface area contributed by atoms with E-state index < -0.39 is 11.5 Å². The molecule has 1 aliphatic rings. The molecule has 0 spiro atoms. The maximum Gasteiger partial charge on any atom is 0.307 e. The van der Waals surface area contributed by atoms with Gasteiger partial charge in [0.2, 0.25) is 5.91 Å². The normalized spacial score (nSPS) is 19.1. The largest absolute Gasteiger partial charge is 0.459 e. The highest BCUT2D eigenvalue weighted by Crippen LogP contribution is 2.32. The van der Waals surface area contributed by atoms with E-state index in [1.807, 2.05) is 41.1 Å². The number of benzene rings is 1. The van der Waals surface area contributed by atoms with Crippen molar-refractivity contribution in [3.05, 3.63) is 42.7 Å². The van der Waals surface area contributed by atoms with Crippen LogP contribution >= 0.6 is 0 Å². The van der Waals surface area contributed by atoms with Gasteiger partial charge in [-0.3, -0.25) is 9.59 Å². The zero-order valence-corrected chi connectivity index (χ0v) is 13.9. The number of hydrogen-bond acceptors (Lipinski definition) is 4. The molecule has 1 aliphatic heterocycles. The summed E-state index contributed by atoms with van der Waals surface area (Å²) < 4.78 is 7.19. The Morgan fingerprint density at radius 2 is 2.12 bits per heavy atom. The predicted molar refractivity (Wildman–Crippen MR) is 89.0 cm³/mol. The zero-order chi connectivity index (χ0) is 17.2. The van der Waals surface area contributed by atoms with Crippen molar-refractivity contribution in [1.29, 1.82) is 0 Å². The van der Waals surface area contributed by atoms with E-state index in [1.54, 1.807) is 20.0 Å². The van der Waals surface area contributed by atoms with E-state index in [0.29, 0.717) is 13.1 Å². The molecule has 1 N–H and O–H groups in total. The van der Waals surface area contributed by atoms with Crippen molar-refractivity contribution in [2.24, 2.45) is 5.92 Å². The Morgan fingerprint density at radius 3 is 2.79 bits per heavy atom. The fourth-order valence-corrected chi connectivity index (χ4v) is 2.99. The lowest BCUT2D eigenvalue weighted by Crippen LogP contribution is -2.41. The molecule has 1 aromatic heterocycles. The van der Waals surface area contributed by atoms with Gasteiger partial charge < -0.3 is 14.6 Å². The molecule has 1 aromatic carbocycles. The van der Waals surface area contributed by atoms with Crippen molar-refractivity contribution in [3.8, 4) is 11.4 Å². The van der Waals surface area contributed by atoms with Crippen LogP contribution in [0.1, 0.15) is 20.3 Å². The van der Waals surface area contributed by atoms with Gasteiger partial charge in [-0.1, -0.05) is 30.3 Å². The molecule has 1 fully saturated rings. The average Bonchev–Trinajstić information content (AvgIpc) is 3.11. The van der Waals surface area contributed by atoms with Gasteiger partial charge in [0.05, 0.1) is 12.3 Å². The first-order chi connectivity index (χ1) is 11.5. The van der Waals surface area contributed by atoms with Crippen LogP contribution in [0.15, 0.2) is 42.7 Å². The highest BCUT2D eigenvalue weighted by molar-refractivity contribution is 5.87. The van der Waals surface area contributed by atoms with E-state index >= 15 is 0 Å². The predicted octanol–water partition coefficient (Wildman–Crippen LogP) is 2.01. The standard InChI is InChI=1S/C18H21N3O3/c1-18(2)14(12-15(22)24-18)17(23)20-9-11-21-10-8-19-16(21)13-6-4-3-5-7-13/h3-8,10,14H,9,11-12H2,1-2H3,(H,20,23)/t14-/m1/s1. The lowest BCUT2D eigenvalue weighted by Gasteiger charge is -2.23. The summed E-state index contributed by atoms with van der Waals surface area (Å²) in [5, 5.41) is 2.90. The van der Waals surface area contributed by atoms with Crippen LogP contribution in [0.5, 0.6) is 0 Å². The number of cyclic esters (lactones) is 1. The van der Waals surface area contributed by atoms with Gasteiger partial charge in [-0.25, -0.2) is 4.98 Å². The molecule has 24 heavy (non-hydrogen) atoms. The van der Waals surface area contributed by atoms with Gasteiger partial charge in [-0.05, 0) is 13.8 Å². The summed E-state index contributed by atoms with van der Waals surface area (Å²) in [6, 6.07) is 9.90. The molecule has 6 heteroatoms. The molecule has 0 unspecified atom stereocenters. The fourth-order valence-electron chi connectivity index (χ4n) is 2.99. The summed E-state index contributed by atoms with van der Waals surface area (Å²) in [4.78, 5) is 28.1. The third-order valence-electron chi connectivity index (χ3n) is 4.30. The number of nitrogens with one attached hydrogen (secondary N) is 1. The first kappa shape index (κ1) is 16.2. The van der Waals surface area contributed by atoms with Gasteiger partial charge in [0.25, 0.3) is 0 Å². The molecular formula is C18H21N3O3. The summed E-state index contributed by atoms with van der Waals surface area (Å²) in [5.41, 5.74) is 0.288. The van der Waals surface area contributed by atoms with E-state index in [0.717, 1.165) is 11.4 Å². The molecule has 0 radical (unpaired) electrons. The first-order valence-electron chi connectivity index (χ1n) is 8.03. The van der Waals surface area contributed by atoms with Crippen LogP contribution in [0.4, 0.5) is 0 Å². The quantitative estimate of drug-likeness (QED) is 0.853. The highest BCUT2D eigenvalue weighted by Gasteiger charge is 2.45. The number of amides is 1. The SMILES string of the molecule is CC1(C)OC(=O)C[C@@H]1C(=O)NCCn1ccnc1-c1ccccc1. The minimum Gasteiger partial charge on any atom is -0.459 e. The average molecular weight is 327 g/mol. The van der Waals surface area contributed by atoms with Gasteiger partial charge in [0, 0.05) is 31.0 Å². The molecule has 6 nitrogen and oxygen atoms in total. The molecule has 0 aliphatic carbocycles. The van der Waals surface area contributed by atoms with Crippen LogP contribution in [-0.4, -0.2) is 33.6 Å². The number of aromatic nitrogens is 2. The fraction of sp³-hybridized carbons (Fsp3) is 0.389. The summed E-state index contributed by atoms with van der Waals surface area (Å²) >= 11 is 0. The van der Waals surface area contributed by atoms with Crippen molar-refractivity contribution in [1.82, 2.24) is 14.9 Å². The molecule has 126 valence electrons. The Hall–Kier alpha value is -2.63. The minimum atomic E-state index is -0.745. The molecule has 1 amide bonds. The molecular weight excluding hydrogens is 306 g/mol. The second kappa shape index (κ2) is 6.47. The summed E-state index contributed by atoms with van der Waals surface area (Å²) in [6.07, 6.45) is 3.77. The maximum atomic E-state index is 12.3. The Kier molecular flexibility index (Phi) is 4.38. The van der Waals surface area contributed by atoms with Crippen LogP contribution < -0.4 is 5.32 Å². The lowest BCUT2D eigenvalue weighted by molar-refractivity contribution is -0.147. The summed E-state index contributed by atoms with van der Waals surface area (Å²) in [6.45, 7) is 4.62. The van der Waals surface area contributed by atoms with Crippen molar-refractivity contribution in [3.63, 3.8) is 0 Å². The Balaban J connectivity index is 1.59. The maximum absolute atomic E-state index is 12.3. The third-order valence-corrected chi connectivity index (χ3v) is 4.30. The highest BCUT2D eigenvalue weighted by atomic mass is 16.6. The van der Waals surface area contributed by atoms with Crippen molar-refractivity contribution < 1.29 is 14.3 Å². The van der Waals surface area contributed by atoms with E-state index in [9.17, 15) is 9.59 Å². The topological polar surface area (TPSA) is 73.2 Å². The number of esters is 1. The summed E-state index contributed by atoms with van der Waals surface area (Å²) in [7, 11) is 0. The minimum absolute atomic E-state index is 0.138. The molecule has 2 aromatic rings. The van der Waals surface area contributed by atoms with Gasteiger partial charge >= 0.3 is 5.97 Å². The van der Waals surface area contributed by atoms with E-state index in [4.69, 9.17) is 4.74 Å². The van der Waals surface area contributed by atoms with Gasteiger partial charge in [0.1, 0.15) is 11.4 Å². The molecule has 2 heterocycles. The molecule has 0 bridgehead atoms. The van der Waals surface area contributed by atoms with Crippen LogP contribution in [0.2, 0.25) is 0 Å². The number of nitrogens with zero attached hydrogens (tertiary/aromatic N) is 2. The van der Waals surface area contributed by atoms with Crippen molar-refractivity contribution in [2.45, 2.75) is 32.4 Å². The lowest BCUT2D eigenvalue weighted by atomic mass is 9.90. The van der Waals surface area contributed by atoms with E-state index in [2.05, 4.69) is 10.3 Å². The second-order valence-corrected chi connectivity index (χ2v) is 6.44. The Labute approximate surface area is 140 Å². The van der Waals surface area contributed by atoms with E-state index in [-0.39, 0.29) is 18.3 Å². The van der Waals surface area contributed by atoms with Crippen LogP contribution in [0.3, 0.4) is 0 Å². The number of imidazole rings is 1. The second-order valence-electron chi connectivity index (χ2n) is 6.44. The smallest absolute Gasteiger partial charge is 0.307 e. The third kappa shape index (κ3) is 3.32. The van der Waals surface area contributed by atoms with Gasteiger partial charge in [-0.2, -0.15) is 0 Å². The van der Waals surface area contributed by atoms with Gasteiger partial charge in [-0.15, -0.1) is 0 Å². The van der Waals surface area contributed by atoms with Crippen LogP contribution in [-0.2, 0) is 20.9 Å². The Bertz CT molecular complexity index is 737. The number of carbonyl (C=O) groups is 2. The van der Waals surface area contributed by atoms with Crippen LogP contribution in [0, 0.1) is 5.92 Å². The first-order valence-corrected chi connectivity index (χ1v) is 8.03. The van der Waals surface area contributed by atoms with Gasteiger partial charge in [0.15, 0.2) is 0 Å². The molecule has 1 atom stereocenters. The number of carbonyl (C=O) groups excluding carboxylic acids is 2.